The SMILES string of the molecule is N/C(=N/O)c1nc(Oc2ccccc2F)ccc1[N+](=O)[O-]. The lowest BCUT2D eigenvalue weighted by Crippen LogP contribution is -2.17. The predicted molar refractivity (Wildman–Crippen MR) is 69.9 cm³/mol. The second-order valence-electron chi connectivity index (χ2n) is 3.79. The molecule has 108 valence electrons. The lowest BCUT2D eigenvalue weighted by molar-refractivity contribution is -0.385. The first-order chi connectivity index (χ1) is 10.0. The van der Waals surface area contributed by atoms with E-state index in [2.05, 4.69) is 10.1 Å². The molecule has 2 rings (SSSR count). The number of amidine groups is 1. The number of nitrogens with zero attached hydrogens (tertiary/aromatic N) is 3. The minimum atomic E-state index is -0.743. The molecule has 0 saturated heterocycles. The zero-order valence-electron chi connectivity index (χ0n) is 10.4. The number of hydrogen-bond acceptors (Lipinski definition) is 6. The number of benzene rings is 1. The van der Waals surface area contributed by atoms with Gasteiger partial charge in [0.15, 0.2) is 23.1 Å². The van der Waals surface area contributed by atoms with Crippen molar-refractivity contribution in [3.05, 3.63) is 58.0 Å². The van der Waals surface area contributed by atoms with Crippen LogP contribution in [0, 0.1) is 15.9 Å². The number of ether oxygens (including phenoxy) is 1. The van der Waals surface area contributed by atoms with Gasteiger partial charge in [-0.3, -0.25) is 10.1 Å². The fraction of sp³-hybridized carbons (Fsp3) is 0. The summed E-state index contributed by atoms with van der Waals surface area (Å²) in [7, 11) is 0. The van der Waals surface area contributed by atoms with Crippen LogP contribution in [0.25, 0.3) is 0 Å². The average molecular weight is 292 g/mol. The van der Waals surface area contributed by atoms with Gasteiger partial charge in [0.25, 0.3) is 5.69 Å². The number of rotatable bonds is 4. The Bertz CT molecular complexity index is 720. The molecule has 0 spiro atoms. The Hall–Kier alpha value is -3.23. The first-order valence-electron chi connectivity index (χ1n) is 5.58. The lowest BCUT2D eigenvalue weighted by atomic mass is 10.3. The van der Waals surface area contributed by atoms with Crippen LogP contribution in [-0.2, 0) is 0 Å². The van der Waals surface area contributed by atoms with Crippen molar-refractivity contribution < 1.29 is 19.3 Å². The van der Waals surface area contributed by atoms with E-state index in [1.807, 2.05) is 0 Å². The second-order valence-corrected chi connectivity index (χ2v) is 3.79. The highest BCUT2D eigenvalue weighted by Gasteiger charge is 2.20. The van der Waals surface area contributed by atoms with E-state index in [0.717, 1.165) is 6.07 Å². The highest BCUT2D eigenvalue weighted by molar-refractivity contribution is 5.98. The minimum absolute atomic E-state index is 0.107. The monoisotopic (exact) mass is 292 g/mol. The van der Waals surface area contributed by atoms with Gasteiger partial charge in [-0.05, 0) is 12.1 Å². The lowest BCUT2D eigenvalue weighted by Gasteiger charge is -2.07. The van der Waals surface area contributed by atoms with Crippen LogP contribution in [0.5, 0.6) is 11.6 Å². The van der Waals surface area contributed by atoms with Gasteiger partial charge in [0.1, 0.15) is 0 Å². The van der Waals surface area contributed by atoms with Crippen LogP contribution in [0.3, 0.4) is 0 Å². The van der Waals surface area contributed by atoms with Crippen molar-refractivity contribution in [1.29, 1.82) is 0 Å². The normalized spacial score (nSPS) is 11.2. The van der Waals surface area contributed by atoms with E-state index in [1.165, 1.54) is 24.3 Å². The summed E-state index contributed by atoms with van der Waals surface area (Å²) in [4.78, 5) is 13.9. The Morgan fingerprint density at radius 3 is 2.71 bits per heavy atom. The van der Waals surface area contributed by atoms with Crippen molar-refractivity contribution in [3.8, 4) is 11.6 Å². The molecule has 0 bridgehead atoms. The molecule has 0 aliphatic rings. The fourth-order valence-electron chi connectivity index (χ4n) is 1.51. The molecule has 2 aromatic rings. The van der Waals surface area contributed by atoms with Crippen molar-refractivity contribution in [2.75, 3.05) is 0 Å². The van der Waals surface area contributed by atoms with Crippen molar-refractivity contribution in [3.63, 3.8) is 0 Å². The molecule has 1 aromatic heterocycles. The van der Waals surface area contributed by atoms with Gasteiger partial charge < -0.3 is 15.7 Å². The molecule has 0 aliphatic carbocycles. The third-order valence-corrected chi connectivity index (χ3v) is 2.45. The molecule has 0 amide bonds. The topological polar surface area (TPSA) is 124 Å². The molecular weight excluding hydrogens is 283 g/mol. The van der Waals surface area contributed by atoms with Gasteiger partial charge in [0, 0.05) is 12.1 Å². The summed E-state index contributed by atoms with van der Waals surface area (Å²) in [5.74, 6) is -1.42. The predicted octanol–water partition coefficient (Wildman–Crippen LogP) is 2.02. The molecule has 9 heteroatoms. The van der Waals surface area contributed by atoms with Crippen LogP contribution < -0.4 is 10.5 Å². The number of nitro groups is 1. The largest absolute Gasteiger partial charge is 0.436 e. The van der Waals surface area contributed by atoms with Crippen LogP contribution >= 0.6 is 0 Å². The van der Waals surface area contributed by atoms with Gasteiger partial charge in [-0.2, -0.15) is 0 Å². The maximum absolute atomic E-state index is 13.5. The van der Waals surface area contributed by atoms with Gasteiger partial charge in [-0.15, -0.1) is 0 Å². The number of pyridine rings is 1. The summed E-state index contributed by atoms with van der Waals surface area (Å²) in [5.41, 5.74) is 4.48. The molecule has 1 heterocycles. The Morgan fingerprint density at radius 2 is 2.10 bits per heavy atom. The number of halogens is 1. The van der Waals surface area contributed by atoms with Gasteiger partial charge in [0.2, 0.25) is 5.88 Å². The van der Waals surface area contributed by atoms with Gasteiger partial charge >= 0.3 is 0 Å². The standard InChI is InChI=1S/C12H9FN4O4/c13-7-3-1-2-4-9(7)21-10-6-5-8(17(19)20)11(15-10)12(14)16-18/h1-6,18H,(H2,14,16). The minimum Gasteiger partial charge on any atom is -0.436 e. The van der Waals surface area contributed by atoms with Crippen LogP contribution in [0.2, 0.25) is 0 Å². The van der Waals surface area contributed by atoms with E-state index in [0.29, 0.717) is 0 Å². The Kier molecular flexibility index (Phi) is 3.93. The van der Waals surface area contributed by atoms with Crippen LogP contribution in [0.15, 0.2) is 41.6 Å². The number of oxime groups is 1. The second kappa shape index (κ2) is 5.82. The van der Waals surface area contributed by atoms with E-state index in [1.54, 1.807) is 6.07 Å². The van der Waals surface area contributed by atoms with E-state index in [9.17, 15) is 14.5 Å². The van der Waals surface area contributed by atoms with Crippen molar-refractivity contribution in [1.82, 2.24) is 4.98 Å². The molecule has 0 saturated carbocycles. The fourth-order valence-corrected chi connectivity index (χ4v) is 1.51. The highest BCUT2D eigenvalue weighted by Crippen LogP contribution is 2.25. The molecule has 1 aromatic carbocycles. The summed E-state index contributed by atoms with van der Waals surface area (Å²) < 4.78 is 18.6. The number of para-hydroxylation sites is 1. The summed E-state index contributed by atoms with van der Waals surface area (Å²) in [5, 5.41) is 22.1. The molecule has 3 N–H and O–H groups in total. The molecule has 0 unspecified atom stereocenters. The molecule has 21 heavy (non-hydrogen) atoms. The molecule has 0 aliphatic heterocycles. The van der Waals surface area contributed by atoms with E-state index < -0.39 is 22.3 Å². The summed E-state index contributed by atoms with van der Waals surface area (Å²) in [6, 6.07) is 7.82. The van der Waals surface area contributed by atoms with Crippen LogP contribution in [0.4, 0.5) is 10.1 Å². The number of hydrogen-bond donors (Lipinski definition) is 2. The smallest absolute Gasteiger partial charge is 0.299 e. The number of nitrogens with two attached hydrogens (primary N) is 1. The van der Waals surface area contributed by atoms with E-state index in [4.69, 9.17) is 15.7 Å². The highest BCUT2D eigenvalue weighted by atomic mass is 19.1. The molecule has 0 atom stereocenters. The molecular formula is C12H9FN4O4. The average Bonchev–Trinajstić information content (AvgIpc) is 2.48. The Labute approximate surface area is 117 Å². The number of aromatic nitrogens is 1. The van der Waals surface area contributed by atoms with Crippen molar-refractivity contribution in [2.24, 2.45) is 10.9 Å². The van der Waals surface area contributed by atoms with Crippen LogP contribution in [-0.4, -0.2) is 21.0 Å². The van der Waals surface area contributed by atoms with Crippen molar-refractivity contribution in [2.45, 2.75) is 0 Å². The third-order valence-electron chi connectivity index (χ3n) is 2.45. The maximum Gasteiger partial charge on any atom is 0.299 e. The zero-order chi connectivity index (χ0) is 15.4. The van der Waals surface area contributed by atoms with Crippen LogP contribution in [0.1, 0.15) is 5.69 Å². The first-order valence-corrected chi connectivity index (χ1v) is 5.58. The molecule has 8 nitrogen and oxygen atoms in total. The van der Waals surface area contributed by atoms with Crippen molar-refractivity contribution >= 4 is 11.5 Å². The first kappa shape index (κ1) is 14.2. The van der Waals surface area contributed by atoms with E-state index >= 15 is 0 Å². The summed E-state index contributed by atoms with van der Waals surface area (Å²) in [6.07, 6.45) is 0. The molecule has 0 fully saturated rings. The summed E-state index contributed by atoms with van der Waals surface area (Å²) >= 11 is 0. The van der Waals surface area contributed by atoms with Gasteiger partial charge in [-0.25, -0.2) is 9.37 Å². The van der Waals surface area contributed by atoms with Gasteiger partial charge in [-0.1, -0.05) is 17.3 Å². The molecule has 0 radical (unpaired) electrons. The Balaban J connectivity index is 2.43. The Morgan fingerprint density at radius 1 is 1.38 bits per heavy atom. The summed E-state index contributed by atoms with van der Waals surface area (Å²) in [6.45, 7) is 0. The zero-order valence-corrected chi connectivity index (χ0v) is 10.4. The maximum atomic E-state index is 13.5. The third kappa shape index (κ3) is 3.03. The van der Waals surface area contributed by atoms with Gasteiger partial charge in [0.05, 0.1) is 4.92 Å². The quantitative estimate of drug-likeness (QED) is 0.292. The van der Waals surface area contributed by atoms with E-state index in [-0.39, 0.29) is 17.3 Å².